The number of aryl methyl sites for hydroxylation is 1. The van der Waals surface area contributed by atoms with Gasteiger partial charge in [0.1, 0.15) is 5.82 Å². The van der Waals surface area contributed by atoms with E-state index in [0.29, 0.717) is 12.1 Å². The van der Waals surface area contributed by atoms with E-state index in [2.05, 4.69) is 20.7 Å². The first-order chi connectivity index (χ1) is 8.20. The molecule has 0 aliphatic heterocycles. The Labute approximate surface area is 97.6 Å². The molecule has 0 amide bonds. The van der Waals surface area contributed by atoms with Crippen molar-refractivity contribution >= 4 is 5.84 Å². The topological polar surface area (TPSA) is 102 Å². The third-order valence-electron chi connectivity index (χ3n) is 2.40. The molecule has 2 aromatic rings. The number of hydrogen-bond acceptors (Lipinski definition) is 5. The highest BCUT2D eigenvalue weighted by Gasteiger charge is 2.03. The standard InChI is InChI=1S/C10H12N6O/c1-7-12-14-15-16(7)6-8-2-4-9(5-3-8)10(11)13-17/h2-5,17H,6H2,1H3,(H2,11,13). The van der Waals surface area contributed by atoms with Gasteiger partial charge in [-0.1, -0.05) is 29.4 Å². The quantitative estimate of drug-likeness (QED) is 0.339. The van der Waals surface area contributed by atoms with Crippen molar-refractivity contribution in [2.24, 2.45) is 10.9 Å². The molecule has 1 aromatic carbocycles. The SMILES string of the molecule is Cc1nnnn1Cc1ccc(C(N)=NO)cc1. The third-order valence-corrected chi connectivity index (χ3v) is 2.40. The molecule has 2 rings (SSSR count). The average molecular weight is 232 g/mol. The Kier molecular flexibility index (Phi) is 2.99. The fourth-order valence-electron chi connectivity index (χ4n) is 1.41. The molecular formula is C10H12N6O. The summed E-state index contributed by atoms with van der Waals surface area (Å²) in [5.74, 6) is 0.848. The molecule has 1 heterocycles. The van der Waals surface area contributed by atoms with Gasteiger partial charge < -0.3 is 10.9 Å². The zero-order chi connectivity index (χ0) is 12.3. The molecule has 0 fully saturated rings. The maximum Gasteiger partial charge on any atom is 0.170 e. The van der Waals surface area contributed by atoms with Crippen molar-refractivity contribution in [2.75, 3.05) is 0 Å². The van der Waals surface area contributed by atoms with E-state index in [1.165, 1.54) is 0 Å². The normalized spacial score (nSPS) is 11.7. The molecule has 0 unspecified atom stereocenters. The van der Waals surface area contributed by atoms with E-state index >= 15 is 0 Å². The van der Waals surface area contributed by atoms with Crippen LogP contribution in [0.1, 0.15) is 17.0 Å². The molecule has 17 heavy (non-hydrogen) atoms. The van der Waals surface area contributed by atoms with Crippen LogP contribution in [0.15, 0.2) is 29.4 Å². The molecule has 0 bridgehead atoms. The number of nitrogens with two attached hydrogens (primary N) is 1. The molecule has 0 saturated heterocycles. The number of hydrogen-bond donors (Lipinski definition) is 2. The number of tetrazole rings is 1. The van der Waals surface area contributed by atoms with Crippen LogP contribution in [-0.4, -0.2) is 31.3 Å². The first-order valence-corrected chi connectivity index (χ1v) is 5.00. The zero-order valence-electron chi connectivity index (χ0n) is 9.28. The van der Waals surface area contributed by atoms with E-state index < -0.39 is 0 Å². The van der Waals surface area contributed by atoms with Gasteiger partial charge in [-0.05, 0) is 22.9 Å². The molecular weight excluding hydrogens is 220 g/mol. The van der Waals surface area contributed by atoms with E-state index in [-0.39, 0.29) is 5.84 Å². The van der Waals surface area contributed by atoms with E-state index in [4.69, 9.17) is 10.9 Å². The second-order valence-corrected chi connectivity index (χ2v) is 3.57. The van der Waals surface area contributed by atoms with Gasteiger partial charge in [0.05, 0.1) is 6.54 Å². The van der Waals surface area contributed by atoms with E-state index in [1.807, 2.05) is 19.1 Å². The molecule has 0 aliphatic rings. The van der Waals surface area contributed by atoms with Crippen LogP contribution in [-0.2, 0) is 6.54 Å². The summed E-state index contributed by atoms with van der Waals surface area (Å²) in [5, 5.41) is 22.7. The minimum absolute atomic E-state index is 0.0927. The number of nitrogens with zero attached hydrogens (tertiary/aromatic N) is 5. The minimum Gasteiger partial charge on any atom is -0.409 e. The van der Waals surface area contributed by atoms with Crippen molar-refractivity contribution in [1.82, 2.24) is 20.2 Å². The highest BCUT2D eigenvalue weighted by atomic mass is 16.4. The predicted molar refractivity (Wildman–Crippen MR) is 60.6 cm³/mol. The average Bonchev–Trinajstić information content (AvgIpc) is 2.75. The van der Waals surface area contributed by atoms with Crippen LogP contribution >= 0.6 is 0 Å². The molecule has 0 atom stereocenters. The van der Waals surface area contributed by atoms with Gasteiger partial charge in [-0.3, -0.25) is 0 Å². The van der Waals surface area contributed by atoms with Crippen LogP contribution in [0.5, 0.6) is 0 Å². The fourth-order valence-corrected chi connectivity index (χ4v) is 1.41. The molecule has 7 nitrogen and oxygen atoms in total. The Bertz CT molecular complexity index is 530. The van der Waals surface area contributed by atoms with E-state index in [1.54, 1.807) is 16.8 Å². The molecule has 0 spiro atoms. The molecule has 0 aliphatic carbocycles. The summed E-state index contributed by atoms with van der Waals surface area (Å²) >= 11 is 0. The summed E-state index contributed by atoms with van der Waals surface area (Å²) in [6, 6.07) is 7.33. The van der Waals surface area contributed by atoms with Crippen molar-refractivity contribution < 1.29 is 5.21 Å². The van der Waals surface area contributed by atoms with E-state index in [9.17, 15) is 0 Å². The van der Waals surface area contributed by atoms with Crippen LogP contribution in [0.25, 0.3) is 0 Å². The first-order valence-electron chi connectivity index (χ1n) is 5.00. The second kappa shape index (κ2) is 4.60. The van der Waals surface area contributed by atoms with Crippen molar-refractivity contribution in [3.05, 3.63) is 41.2 Å². The molecule has 88 valence electrons. The van der Waals surface area contributed by atoms with Gasteiger partial charge >= 0.3 is 0 Å². The van der Waals surface area contributed by atoms with Gasteiger partial charge in [0.25, 0.3) is 0 Å². The van der Waals surface area contributed by atoms with Crippen LogP contribution in [0.3, 0.4) is 0 Å². The monoisotopic (exact) mass is 232 g/mol. The van der Waals surface area contributed by atoms with Crippen LogP contribution in [0.2, 0.25) is 0 Å². The molecule has 0 radical (unpaired) electrons. The number of rotatable bonds is 3. The van der Waals surface area contributed by atoms with Crippen molar-refractivity contribution in [1.29, 1.82) is 0 Å². The van der Waals surface area contributed by atoms with E-state index in [0.717, 1.165) is 11.4 Å². The van der Waals surface area contributed by atoms with Gasteiger partial charge in [-0.2, -0.15) is 0 Å². The fraction of sp³-hybridized carbons (Fsp3) is 0.200. The molecule has 7 heteroatoms. The van der Waals surface area contributed by atoms with Gasteiger partial charge in [0.15, 0.2) is 5.84 Å². The Hall–Kier alpha value is -2.44. The summed E-state index contributed by atoms with van der Waals surface area (Å²) in [5.41, 5.74) is 7.17. The third kappa shape index (κ3) is 2.39. The van der Waals surface area contributed by atoms with Crippen molar-refractivity contribution in [2.45, 2.75) is 13.5 Å². The second-order valence-electron chi connectivity index (χ2n) is 3.57. The van der Waals surface area contributed by atoms with Crippen LogP contribution < -0.4 is 5.73 Å². The van der Waals surface area contributed by atoms with Gasteiger partial charge in [-0.15, -0.1) is 5.10 Å². The van der Waals surface area contributed by atoms with Crippen molar-refractivity contribution in [3.63, 3.8) is 0 Å². The van der Waals surface area contributed by atoms with Gasteiger partial charge in [0.2, 0.25) is 0 Å². The predicted octanol–water partition coefficient (Wildman–Crippen LogP) is 0.124. The summed E-state index contributed by atoms with van der Waals surface area (Å²) in [6.45, 7) is 2.43. The highest BCUT2D eigenvalue weighted by Crippen LogP contribution is 2.06. The van der Waals surface area contributed by atoms with Gasteiger partial charge in [-0.25, -0.2) is 4.68 Å². The Morgan fingerprint density at radius 2 is 2.12 bits per heavy atom. The molecule has 1 aromatic heterocycles. The Morgan fingerprint density at radius 3 is 2.65 bits per heavy atom. The summed E-state index contributed by atoms with van der Waals surface area (Å²) in [7, 11) is 0. The largest absolute Gasteiger partial charge is 0.409 e. The zero-order valence-corrected chi connectivity index (χ0v) is 9.28. The molecule has 0 saturated carbocycles. The number of amidine groups is 1. The van der Waals surface area contributed by atoms with Crippen LogP contribution in [0, 0.1) is 6.92 Å². The maximum atomic E-state index is 8.53. The number of aromatic nitrogens is 4. The summed E-state index contributed by atoms with van der Waals surface area (Å²) in [4.78, 5) is 0. The Morgan fingerprint density at radius 1 is 1.41 bits per heavy atom. The first kappa shape index (κ1) is 11.1. The number of oxime groups is 1. The lowest BCUT2D eigenvalue weighted by Crippen LogP contribution is -2.13. The Balaban J connectivity index is 2.17. The molecule has 3 N–H and O–H groups in total. The lowest BCUT2D eigenvalue weighted by molar-refractivity contribution is 0.318. The lowest BCUT2D eigenvalue weighted by Gasteiger charge is -2.03. The van der Waals surface area contributed by atoms with Gasteiger partial charge in [0, 0.05) is 5.56 Å². The summed E-state index contributed by atoms with van der Waals surface area (Å²) < 4.78 is 1.69. The minimum atomic E-state index is 0.0927. The van der Waals surface area contributed by atoms with Crippen molar-refractivity contribution in [3.8, 4) is 0 Å². The smallest absolute Gasteiger partial charge is 0.170 e. The maximum absolute atomic E-state index is 8.53. The highest BCUT2D eigenvalue weighted by molar-refractivity contribution is 5.96. The van der Waals surface area contributed by atoms with Crippen LogP contribution in [0.4, 0.5) is 0 Å². The lowest BCUT2D eigenvalue weighted by atomic mass is 10.1. The number of benzene rings is 1. The summed E-state index contributed by atoms with van der Waals surface area (Å²) in [6.07, 6.45) is 0.